The maximum absolute atomic E-state index is 13.2. The van der Waals surface area contributed by atoms with E-state index >= 15 is 0 Å². The van der Waals surface area contributed by atoms with Gasteiger partial charge in [0.15, 0.2) is 5.82 Å². The molecule has 3 aromatic rings. The van der Waals surface area contributed by atoms with Crippen LogP contribution in [0, 0.1) is 13.8 Å². The highest BCUT2D eigenvalue weighted by molar-refractivity contribution is 5.96. The van der Waals surface area contributed by atoms with E-state index in [1.807, 2.05) is 60.5 Å². The summed E-state index contributed by atoms with van der Waals surface area (Å²) in [5, 5.41) is 0. The Labute approximate surface area is 178 Å². The predicted octanol–water partition coefficient (Wildman–Crippen LogP) is 4.11. The van der Waals surface area contributed by atoms with Gasteiger partial charge in [-0.05, 0) is 39.8 Å². The number of carbonyl (C=O) groups is 1. The van der Waals surface area contributed by atoms with Gasteiger partial charge in [0.2, 0.25) is 0 Å². The molecule has 0 saturated carbocycles. The number of aryl methyl sites for hydroxylation is 1. The van der Waals surface area contributed by atoms with Crippen molar-refractivity contribution in [3.63, 3.8) is 0 Å². The van der Waals surface area contributed by atoms with Crippen LogP contribution in [-0.2, 0) is 0 Å². The zero-order valence-electron chi connectivity index (χ0n) is 18.2. The molecule has 0 N–H and O–H groups in total. The first-order valence-electron chi connectivity index (χ1n) is 10.6. The number of hydrogen-bond acceptors (Lipinski definition) is 4. The van der Waals surface area contributed by atoms with Gasteiger partial charge in [0.1, 0.15) is 5.82 Å². The van der Waals surface area contributed by atoms with E-state index in [1.165, 1.54) is 0 Å². The average molecular weight is 404 g/mol. The van der Waals surface area contributed by atoms with Crippen LogP contribution in [0.25, 0.3) is 11.4 Å². The van der Waals surface area contributed by atoms with Crippen LogP contribution in [0.15, 0.2) is 48.7 Å². The minimum Gasteiger partial charge on any atom is -0.353 e. The molecule has 6 heteroatoms. The van der Waals surface area contributed by atoms with Crippen molar-refractivity contribution < 1.29 is 4.79 Å². The van der Waals surface area contributed by atoms with Crippen molar-refractivity contribution in [1.29, 1.82) is 0 Å². The molecule has 0 aliphatic carbocycles. The lowest BCUT2D eigenvalue weighted by Crippen LogP contribution is -2.49. The first-order valence-corrected chi connectivity index (χ1v) is 10.6. The van der Waals surface area contributed by atoms with Gasteiger partial charge in [-0.15, -0.1) is 0 Å². The fourth-order valence-electron chi connectivity index (χ4n) is 4.35. The number of benzene rings is 1. The summed E-state index contributed by atoms with van der Waals surface area (Å²) in [4.78, 5) is 26.5. The number of nitrogens with zero attached hydrogens (tertiary/aromatic N) is 5. The molecule has 0 radical (unpaired) electrons. The lowest BCUT2D eigenvalue weighted by atomic mass is 10.2. The van der Waals surface area contributed by atoms with Crippen molar-refractivity contribution in [1.82, 2.24) is 19.4 Å². The monoisotopic (exact) mass is 403 g/mol. The number of piperazine rings is 1. The third-order valence-electron chi connectivity index (χ3n) is 5.79. The van der Waals surface area contributed by atoms with Crippen LogP contribution in [0.4, 0.5) is 5.82 Å². The molecule has 0 bridgehead atoms. The highest BCUT2D eigenvalue weighted by atomic mass is 16.2. The molecule has 30 heavy (non-hydrogen) atoms. The van der Waals surface area contributed by atoms with Gasteiger partial charge in [-0.3, -0.25) is 4.79 Å². The summed E-state index contributed by atoms with van der Waals surface area (Å²) in [5.41, 5.74) is 4.02. The Morgan fingerprint density at radius 3 is 2.33 bits per heavy atom. The highest BCUT2D eigenvalue weighted by Crippen LogP contribution is 2.23. The third kappa shape index (κ3) is 3.82. The van der Waals surface area contributed by atoms with Crippen LogP contribution in [-0.4, -0.2) is 51.5 Å². The van der Waals surface area contributed by atoms with Gasteiger partial charge >= 0.3 is 0 Å². The van der Waals surface area contributed by atoms with Gasteiger partial charge in [-0.1, -0.05) is 30.3 Å². The SMILES string of the molecule is Cc1cc(C(=O)N2CCN(c3ccnc(-c4ccccc4)n3)CC2)c(C)n1C(C)C. The summed E-state index contributed by atoms with van der Waals surface area (Å²) < 4.78 is 2.23. The lowest BCUT2D eigenvalue weighted by Gasteiger charge is -2.35. The Bertz CT molecular complexity index is 1030. The van der Waals surface area contributed by atoms with E-state index in [0.29, 0.717) is 19.1 Å². The molecule has 1 fully saturated rings. The molecule has 1 aliphatic heterocycles. The van der Waals surface area contributed by atoms with E-state index in [9.17, 15) is 4.79 Å². The van der Waals surface area contributed by atoms with Gasteiger partial charge in [-0.25, -0.2) is 9.97 Å². The summed E-state index contributed by atoms with van der Waals surface area (Å²) in [6, 6.07) is 14.3. The number of hydrogen-bond donors (Lipinski definition) is 0. The quantitative estimate of drug-likeness (QED) is 0.658. The van der Waals surface area contributed by atoms with Crippen molar-refractivity contribution >= 4 is 11.7 Å². The smallest absolute Gasteiger partial charge is 0.255 e. The van der Waals surface area contributed by atoms with Crippen molar-refractivity contribution in [2.75, 3.05) is 31.1 Å². The van der Waals surface area contributed by atoms with Gasteiger partial charge in [-0.2, -0.15) is 0 Å². The minimum absolute atomic E-state index is 0.127. The van der Waals surface area contributed by atoms with Crippen molar-refractivity contribution in [3.8, 4) is 11.4 Å². The number of aromatic nitrogens is 3. The lowest BCUT2D eigenvalue weighted by molar-refractivity contribution is 0.0745. The number of carbonyl (C=O) groups excluding carboxylic acids is 1. The van der Waals surface area contributed by atoms with E-state index in [-0.39, 0.29) is 5.91 Å². The normalized spacial score (nSPS) is 14.4. The van der Waals surface area contributed by atoms with E-state index < -0.39 is 0 Å². The maximum Gasteiger partial charge on any atom is 0.255 e. The Balaban J connectivity index is 1.46. The van der Waals surface area contributed by atoms with Gasteiger partial charge < -0.3 is 14.4 Å². The molecule has 6 nitrogen and oxygen atoms in total. The molecule has 1 saturated heterocycles. The second-order valence-corrected chi connectivity index (χ2v) is 8.13. The molecule has 3 heterocycles. The summed E-state index contributed by atoms with van der Waals surface area (Å²) in [6.45, 7) is 11.3. The number of anilines is 1. The highest BCUT2D eigenvalue weighted by Gasteiger charge is 2.26. The molecule has 1 aromatic carbocycles. The molecule has 1 aliphatic rings. The summed E-state index contributed by atoms with van der Waals surface area (Å²) >= 11 is 0. The van der Waals surface area contributed by atoms with Crippen LogP contribution in [0.1, 0.15) is 41.6 Å². The zero-order chi connectivity index (χ0) is 21.3. The number of rotatable bonds is 4. The molecule has 0 atom stereocenters. The second kappa shape index (κ2) is 8.30. The fourth-order valence-corrected chi connectivity index (χ4v) is 4.35. The van der Waals surface area contributed by atoms with Gasteiger partial charge in [0.05, 0.1) is 5.56 Å². The van der Waals surface area contributed by atoms with Crippen molar-refractivity contribution in [3.05, 3.63) is 65.6 Å². The van der Waals surface area contributed by atoms with E-state index in [0.717, 1.165) is 47.2 Å². The molecule has 0 unspecified atom stereocenters. The Hall–Kier alpha value is -3.15. The maximum atomic E-state index is 13.2. The predicted molar refractivity (Wildman–Crippen MR) is 120 cm³/mol. The fraction of sp³-hybridized carbons (Fsp3) is 0.375. The molecule has 4 rings (SSSR count). The molecular weight excluding hydrogens is 374 g/mol. The second-order valence-electron chi connectivity index (χ2n) is 8.13. The molecule has 1 amide bonds. The summed E-state index contributed by atoms with van der Waals surface area (Å²) in [7, 11) is 0. The molecule has 156 valence electrons. The first kappa shape index (κ1) is 20.1. The van der Waals surface area contributed by atoms with E-state index in [1.54, 1.807) is 0 Å². The van der Waals surface area contributed by atoms with Gasteiger partial charge in [0.25, 0.3) is 5.91 Å². The summed E-state index contributed by atoms with van der Waals surface area (Å²) in [6.07, 6.45) is 1.81. The largest absolute Gasteiger partial charge is 0.353 e. The minimum atomic E-state index is 0.127. The zero-order valence-corrected chi connectivity index (χ0v) is 18.2. The first-order chi connectivity index (χ1) is 14.5. The standard InChI is InChI=1S/C24H29N5O/c1-17(2)29-18(3)16-21(19(29)4)24(30)28-14-12-27(13-15-28)22-10-11-25-23(26-22)20-8-6-5-7-9-20/h5-11,16-17H,12-15H2,1-4H3. The summed E-state index contributed by atoms with van der Waals surface area (Å²) in [5.74, 6) is 1.77. The third-order valence-corrected chi connectivity index (χ3v) is 5.79. The Morgan fingerprint density at radius 1 is 1.00 bits per heavy atom. The molecular formula is C24H29N5O. The van der Waals surface area contributed by atoms with Crippen LogP contribution in [0.5, 0.6) is 0 Å². The van der Waals surface area contributed by atoms with Crippen LogP contribution >= 0.6 is 0 Å². The van der Waals surface area contributed by atoms with E-state index in [4.69, 9.17) is 4.98 Å². The Kier molecular flexibility index (Phi) is 5.57. The van der Waals surface area contributed by atoms with Crippen molar-refractivity contribution in [2.45, 2.75) is 33.7 Å². The van der Waals surface area contributed by atoms with Crippen molar-refractivity contribution in [2.24, 2.45) is 0 Å². The Morgan fingerprint density at radius 2 is 1.70 bits per heavy atom. The topological polar surface area (TPSA) is 54.3 Å². The molecule has 0 spiro atoms. The number of amides is 1. The van der Waals surface area contributed by atoms with Crippen LogP contribution in [0.2, 0.25) is 0 Å². The van der Waals surface area contributed by atoms with Crippen LogP contribution in [0.3, 0.4) is 0 Å². The van der Waals surface area contributed by atoms with Gasteiger partial charge in [0, 0.05) is 55.4 Å². The van der Waals surface area contributed by atoms with Crippen LogP contribution < -0.4 is 4.90 Å². The molecule has 2 aromatic heterocycles. The average Bonchev–Trinajstić information content (AvgIpc) is 3.08. The van der Waals surface area contributed by atoms with E-state index in [2.05, 4.69) is 35.2 Å².